The number of halogens is 1. The molecule has 1 N–H and O–H groups in total. The zero-order chi connectivity index (χ0) is 27.0. The SMILES string of the molecule is CCOc1ccccc1N(CC(=O)NCc1ccc(CN2CCOCC2)cc1)S(=O)(=O)c1ccc(Cl)cc1. The smallest absolute Gasteiger partial charge is 0.264 e. The number of hydrogen-bond acceptors (Lipinski definition) is 6. The number of hydrogen-bond donors (Lipinski definition) is 1. The number of carbonyl (C=O) groups is 1. The van der Waals surface area contributed by atoms with E-state index in [4.69, 9.17) is 21.1 Å². The highest BCUT2D eigenvalue weighted by atomic mass is 35.5. The van der Waals surface area contributed by atoms with E-state index in [0.717, 1.165) is 42.7 Å². The third kappa shape index (κ3) is 7.26. The summed E-state index contributed by atoms with van der Waals surface area (Å²) >= 11 is 5.97. The lowest BCUT2D eigenvalue weighted by Crippen LogP contribution is -2.40. The van der Waals surface area contributed by atoms with Crippen molar-refractivity contribution in [1.29, 1.82) is 0 Å². The van der Waals surface area contributed by atoms with E-state index in [0.29, 0.717) is 17.4 Å². The van der Waals surface area contributed by atoms with E-state index >= 15 is 0 Å². The first kappa shape index (κ1) is 27.9. The molecule has 3 aromatic carbocycles. The van der Waals surface area contributed by atoms with Crippen molar-refractivity contribution in [3.05, 3.63) is 88.9 Å². The molecule has 0 aromatic heterocycles. The number of rotatable bonds is 11. The van der Waals surface area contributed by atoms with Gasteiger partial charge in [0.05, 0.1) is 30.4 Å². The van der Waals surface area contributed by atoms with Crippen molar-refractivity contribution in [3.63, 3.8) is 0 Å². The molecule has 0 unspecified atom stereocenters. The first-order valence-corrected chi connectivity index (χ1v) is 14.3. The zero-order valence-corrected chi connectivity index (χ0v) is 22.9. The maximum absolute atomic E-state index is 13.6. The van der Waals surface area contributed by atoms with Crippen LogP contribution in [0.1, 0.15) is 18.1 Å². The molecule has 38 heavy (non-hydrogen) atoms. The van der Waals surface area contributed by atoms with Gasteiger partial charge in [-0.1, -0.05) is 48.0 Å². The summed E-state index contributed by atoms with van der Waals surface area (Å²) in [6.07, 6.45) is 0. The van der Waals surface area contributed by atoms with Crippen LogP contribution in [0, 0.1) is 0 Å². The molecule has 0 radical (unpaired) electrons. The monoisotopic (exact) mass is 557 g/mol. The number of carbonyl (C=O) groups excluding carboxylic acids is 1. The predicted molar refractivity (Wildman–Crippen MR) is 148 cm³/mol. The topological polar surface area (TPSA) is 88.2 Å². The number of morpholine rings is 1. The molecule has 0 bridgehead atoms. The van der Waals surface area contributed by atoms with Crippen molar-refractivity contribution in [2.75, 3.05) is 43.8 Å². The largest absolute Gasteiger partial charge is 0.492 e. The molecule has 1 fully saturated rings. The third-order valence-electron chi connectivity index (χ3n) is 6.15. The van der Waals surface area contributed by atoms with Crippen LogP contribution in [-0.4, -0.2) is 58.7 Å². The molecule has 1 saturated heterocycles. The van der Waals surface area contributed by atoms with E-state index in [2.05, 4.69) is 10.2 Å². The van der Waals surface area contributed by atoms with Crippen LogP contribution in [0.4, 0.5) is 5.69 Å². The zero-order valence-electron chi connectivity index (χ0n) is 21.3. The molecule has 1 aliphatic heterocycles. The number of sulfonamides is 1. The molecule has 8 nitrogen and oxygen atoms in total. The Bertz CT molecular complexity index is 1310. The summed E-state index contributed by atoms with van der Waals surface area (Å²) in [5.41, 5.74) is 2.40. The minimum Gasteiger partial charge on any atom is -0.492 e. The van der Waals surface area contributed by atoms with E-state index in [1.807, 2.05) is 31.2 Å². The second-order valence-corrected chi connectivity index (χ2v) is 11.1. The van der Waals surface area contributed by atoms with Gasteiger partial charge in [0.25, 0.3) is 10.0 Å². The third-order valence-corrected chi connectivity index (χ3v) is 8.17. The summed E-state index contributed by atoms with van der Waals surface area (Å²) in [4.78, 5) is 15.4. The lowest BCUT2D eigenvalue weighted by molar-refractivity contribution is -0.119. The Morgan fingerprint density at radius 2 is 1.66 bits per heavy atom. The van der Waals surface area contributed by atoms with Crippen LogP contribution in [-0.2, 0) is 32.6 Å². The van der Waals surface area contributed by atoms with Gasteiger partial charge in [-0.25, -0.2) is 8.42 Å². The van der Waals surface area contributed by atoms with Gasteiger partial charge in [-0.15, -0.1) is 0 Å². The Kier molecular flexibility index (Phi) is 9.63. The Morgan fingerprint density at radius 1 is 1.00 bits per heavy atom. The lowest BCUT2D eigenvalue weighted by Gasteiger charge is -2.26. The Labute approximate surface area is 229 Å². The molecule has 1 heterocycles. The molecule has 4 rings (SSSR count). The Hall–Kier alpha value is -3.11. The molecule has 202 valence electrons. The van der Waals surface area contributed by atoms with Crippen molar-refractivity contribution in [3.8, 4) is 5.75 Å². The van der Waals surface area contributed by atoms with Gasteiger partial charge in [-0.3, -0.25) is 14.0 Å². The molecular weight excluding hydrogens is 526 g/mol. The maximum atomic E-state index is 13.6. The van der Waals surface area contributed by atoms with Crippen LogP contribution in [0.25, 0.3) is 0 Å². The second kappa shape index (κ2) is 13.1. The van der Waals surface area contributed by atoms with Crippen molar-refractivity contribution < 1.29 is 22.7 Å². The van der Waals surface area contributed by atoms with Gasteiger partial charge in [0, 0.05) is 31.2 Å². The van der Waals surface area contributed by atoms with Crippen LogP contribution in [0.5, 0.6) is 5.75 Å². The van der Waals surface area contributed by atoms with E-state index in [-0.39, 0.29) is 17.1 Å². The fourth-order valence-electron chi connectivity index (χ4n) is 4.14. The number of anilines is 1. The fourth-order valence-corrected chi connectivity index (χ4v) is 5.70. The highest BCUT2D eigenvalue weighted by Crippen LogP contribution is 2.32. The van der Waals surface area contributed by atoms with Crippen molar-refractivity contribution in [1.82, 2.24) is 10.2 Å². The average Bonchev–Trinajstić information content (AvgIpc) is 2.93. The molecule has 1 amide bonds. The van der Waals surface area contributed by atoms with Crippen LogP contribution in [0.15, 0.2) is 77.7 Å². The van der Waals surface area contributed by atoms with Gasteiger partial charge in [0.1, 0.15) is 12.3 Å². The van der Waals surface area contributed by atoms with Gasteiger partial charge in [0.15, 0.2) is 0 Å². The summed E-state index contributed by atoms with van der Waals surface area (Å²) in [6.45, 7) is 6.22. The lowest BCUT2D eigenvalue weighted by atomic mass is 10.1. The number of benzene rings is 3. The molecule has 1 aliphatic rings. The summed E-state index contributed by atoms with van der Waals surface area (Å²) in [6, 6.07) is 20.7. The summed E-state index contributed by atoms with van der Waals surface area (Å²) in [5.74, 6) is -0.0672. The number of para-hydroxylation sites is 2. The van der Waals surface area contributed by atoms with Crippen LogP contribution < -0.4 is 14.4 Å². The van der Waals surface area contributed by atoms with Crippen LogP contribution in [0.2, 0.25) is 5.02 Å². The highest BCUT2D eigenvalue weighted by molar-refractivity contribution is 7.92. The van der Waals surface area contributed by atoms with Crippen molar-refractivity contribution in [2.24, 2.45) is 0 Å². The molecule has 3 aromatic rings. The van der Waals surface area contributed by atoms with Gasteiger partial charge >= 0.3 is 0 Å². The molecule has 0 saturated carbocycles. The normalized spacial score (nSPS) is 14.2. The predicted octanol–water partition coefficient (Wildman–Crippen LogP) is 4.08. The first-order valence-electron chi connectivity index (χ1n) is 12.5. The molecule has 10 heteroatoms. The van der Waals surface area contributed by atoms with Crippen molar-refractivity contribution >= 4 is 33.2 Å². The van der Waals surface area contributed by atoms with Gasteiger partial charge in [0.2, 0.25) is 5.91 Å². The average molecular weight is 558 g/mol. The van der Waals surface area contributed by atoms with E-state index in [1.54, 1.807) is 24.3 Å². The van der Waals surface area contributed by atoms with E-state index < -0.39 is 22.5 Å². The number of amides is 1. The molecule has 0 aliphatic carbocycles. The van der Waals surface area contributed by atoms with Crippen LogP contribution in [0.3, 0.4) is 0 Å². The minimum atomic E-state index is -4.09. The molecule has 0 atom stereocenters. The number of nitrogens with one attached hydrogen (secondary N) is 1. The van der Waals surface area contributed by atoms with Gasteiger partial charge in [-0.2, -0.15) is 0 Å². The standard InChI is InChI=1S/C28H32ClN3O5S/c1-2-37-27-6-4-3-5-26(27)32(38(34,35)25-13-11-24(29)12-14-25)21-28(33)30-19-22-7-9-23(10-8-22)20-31-15-17-36-18-16-31/h3-14H,2,15-21H2,1H3,(H,30,33). The quantitative estimate of drug-likeness (QED) is 0.382. The van der Waals surface area contributed by atoms with Crippen LogP contribution >= 0.6 is 11.6 Å². The van der Waals surface area contributed by atoms with Gasteiger partial charge < -0.3 is 14.8 Å². The number of ether oxygens (including phenoxy) is 2. The fraction of sp³-hybridized carbons (Fsp3) is 0.321. The second-order valence-electron chi connectivity index (χ2n) is 8.85. The minimum absolute atomic E-state index is 0.0249. The van der Waals surface area contributed by atoms with E-state index in [9.17, 15) is 13.2 Å². The van der Waals surface area contributed by atoms with Crippen molar-refractivity contribution in [2.45, 2.75) is 24.9 Å². The first-order chi connectivity index (χ1) is 18.4. The molecular formula is C28H32ClN3O5S. The maximum Gasteiger partial charge on any atom is 0.264 e. The molecule has 0 spiro atoms. The summed E-state index contributed by atoms with van der Waals surface area (Å²) in [7, 11) is -4.09. The Balaban J connectivity index is 1.47. The summed E-state index contributed by atoms with van der Waals surface area (Å²) in [5, 5.41) is 3.27. The van der Waals surface area contributed by atoms with E-state index in [1.165, 1.54) is 29.8 Å². The van der Waals surface area contributed by atoms with Gasteiger partial charge in [-0.05, 0) is 54.4 Å². The number of nitrogens with zero attached hydrogens (tertiary/aromatic N) is 2. The summed E-state index contributed by atoms with van der Waals surface area (Å²) < 4.78 is 39.4. The highest BCUT2D eigenvalue weighted by Gasteiger charge is 2.29. The Morgan fingerprint density at radius 3 is 2.34 bits per heavy atom.